The van der Waals surface area contributed by atoms with Gasteiger partial charge >= 0.3 is 0 Å². The lowest BCUT2D eigenvalue weighted by Gasteiger charge is -2.31. The summed E-state index contributed by atoms with van der Waals surface area (Å²) in [6, 6.07) is 14.2. The van der Waals surface area contributed by atoms with Crippen molar-refractivity contribution >= 4 is 41.3 Å². The van der Waals surface area contributed by atoms with Crippen LogP contribution in [-0.2, 0) is 6.54 Å². The predicted octanol–water partition coefficient (Wildman–Crippen LogP) is 4.26. The second-order valence-corrected chi connectivity index (χ2v) is 8.72. The Kier molecular flexibility index (Phi) is 11.7. The highest BCUT2D eigenvalue weighted by atomic mass is 127. The predicted molar refractivity (Wildman–Crippen MR) is 138 cm³/mol. The molecule has 1 aliphatic rings. The molecule has 3 rings (SSSR count). The van der Waals surface area contributed by atoms with Crippen LogP contribution in [-0.4, -0.2) is 48.7 Å². The molecule has 0 amide bonds. The van der Waals surface area contributed by atoms with E-state index in [2.05, 4.69) is 40.0 Å². The third-order valence-electron chi connectivity index (χ3n) is 5.31. The molecule has 2 heterocycles. The normalized spacial score (nSPS) is 18.5. The van der Waals surface area contributed by atoms with Crippen molar-refractivity contribution in [2.45, 2.75) is 38.8 Å². The van der Waals surface area contributed by atoms with Crippen molar-refractivity contribution in [1.82, 2.24) is 15.5 Å². The number of halogens is 1. The van der Waals surface area contributed by atoms with Crippen molar-refractivity contribution in [3.63, 3.8) is 0 Å². The van der Waals surface area contributed by atoms with Gasteiger partial charge in [0.1, 0.15) is 0 Å². The van der Waals surface area contributed by atoms with Crippen molar-refractivity contribution in [2.75, 3.05) is 32.7 Å². The molecule has 2 aromatic rings. The number of rotatable bonds is 9. The number of benzene rings is 1. The average Bonchev–Trinajstić information content (AvgIpc) is 3.26. The Morgan fingerprint density at radius 3 is 2.80 bits per heavy atom. The van der Waals surface area contributed by atoms with Gasteiger partial charge in [0.2, 0.25) is 0 Å². The van der Waals surface area contributed by atoms with Gasteiger partial charge in [0, 0.05) is 37.6 Å². The van der Waals surface area contributed by atoms with E-state index in [-0.39, 0.29) is 24.0 Å². The fourth-order valence-electron chi connectivity index (χ4n) is 3.80. The van der Waals surface area contributed by atoms with Gasteiger partial charge in [-0.25, -0.2) is 0 Å². The number of hydrogen-bond acceptors (Lipinski definition) is 4. The van der Waals surface area contributed by atoms with Crippen LogP contribution in [0.4, 0.5) is 0 Å². The Morgan fingerprint density at radius 2 is 2.07 bits per heavy atom. The van der Waals surface area contributed by atoms with Gasteiger partial charge in [-0.3, -0.25) is 9.89 Å². The zero-order chi connectivity index (χ0) is 20.3. The Balaban J connectivity index is 0.00000320. The van der Waals surface area contributed by atoms with Crippen LogP contribution in [0.15, 0.2) is 52.8 Å². The standard InChI is InChI=1S/C23H34N4OS.HI/c1-2-24-23(25-13-12-22(28)20-9-4-3-5-10-20)26-16-19-8-6-14-27(17-19)18-21-11-7-15-29-21;/h3-5,7,9-11,15,19,22,28H,2,6,8,12-14,16-18H2,1H3,(H2,24,25,26);1H. The average molecular weight is 543 g/mol. The summed E-state index contributed by atoms with van der Waals surface area (Å²) in [6.45, 7) is 7.82. The maximum Gasteiger partial charge on any atom is 0.191 e. The number of guanidine groups is 1. The Hall–Kier alpha value is -1.16. The number of aliphatic hydroxyl groups is 1. The molecule has 1 saturated heterocycles. The number of thiophene rings is 1. The van der Waals surface area contributed by atoms with E-state index in [4.69, 9.17) is 4.99 Å². The van der Waals surface area contributed by atoms with E-state index in [0.29, 0.717) is 18.9 Å². The zero-order valence-electron chi connectivity index (χ0n) is 17.8. The largest absolute Gasteiger partial charge is 0.388 e. The molecule has 1 aromatic heterocycles. The molecule has 1 aliphatic heterocycles. The van der Waals surface area contributed by atoms with Crippen LogP contribution in [0, 0.1) is 5.92 Å². The maximum atomic E-state index is 10.3. The summed E-state index contributed by atoms with van der Waals surface area (Å²) in [6.07, 6.45) is 2.71. The number of aliphatic hydroxyl groups excluding tert-OH is 1. The molecule has 166 valence electrons. The summed E-state index contributed by atoms with van der Waals surface area (Å²) in [5.74, 6) is 1.46. The molecule has 0 spiro atoms. The second-order valence-electron chi connectivity index (χ2n) is 7.68. The summed E-state index contributed by atoms with van der Waals surface area (Å²) in [7, 11) is 0. The molecule has 2 unspecified atom stereocenters. The monoisotopic (exact) mass is 542 g/mol. The summed E-state index contributed by atoms with van der Waals surface area (Å²) < 4.78 is 0. The number of piperidine rings is 1. The van der Waals surface area contributed by atoms with Crippen LogP contribution in [0.2, 0.25) is 0 Å². The second kappa shape index (κ2) is 14.0. The third-order valence-corrected chi connectivity index (χ3v) is 6.17. The summed E-state index contributed by atoms with van der Waals surface area (Å²) >= 11 is 1.84. The van der Waals surface area contributed by atoms with E-state index in [1.54, 1.807) is 0 Å². The Morgan fingerprint density at radius 1 is 1.23 bits per heavy atom. The van der Waals surface area contributed by atoms with E-state index >= 15 is 0 Å². The summed E-state index contributed by atoms with van der Waals surface area (Å²) in [4.78, 5) is 8.83. The molecule has 2 atom stereocenters. The SMILES string of the molecule is CCNC(=NCC1CCCN(Cc2cccs2)C1)NCCC(O)c1ccccc1.I. The van der Waals surface area contributed by atoms with E-state index in [9.17, 15) is 5.11 Å². The zero-order valence-corrected chi connectivity index (χ0v) is 20.9. The molecule has 7 heteroatoms. The first-order valence-corrected chi connectivity index (χ1v) is 11.6. The van der Waals surface area contributed by atoms with E-state index in [1.165, 1.54) is 24.3 Å². The fourth-order valence-corrected chi connectivity index (χ4v) is 4.54. The van der Waals surface area contributed by atoms with E-state index in [0.717, 1.165) is 37.7 Å². The van der Waals surface area contributed by atoms with Crippen LogP contribution >= 0.6 is 35.3 Å². The highest BCUT2D eigenvalue weighted by Crippen LogP contribution is 2.20. The number of hydrogen-bond donors (Lipinski definition) is 3. The van der Waals surface area contributed by atoms with Crippen molar-refractivity contribution in [1.29, 1.82) is 0 Å². The quantitative estimate of drug-likeness (QED) is 0.252. The molecule has 5 nitrogen and oxygen atoms in total. The van der Waals surface area contributed by atoms with Crippen molar-refractivity contribution in [2.24, 2.45) is 10.9 Å². The van der Waals surface area contributed by atoms with E-state index in [1.807, 2.05) is 41.7 Å². The Labute approximate surface area is 202 Å². The summed E-state index contributed by atoms with van der Waals surface area (Å²) in [5, 5.41) is 19.2. The lowest BCUT2D eigenvalue weighted by Crippen LogP contribution is -2.40. The first-order valence-electron chi connectivity index (χ1n) is 10.7. The first kappa shape index (κ1) is 25.1. The van der Waals surface area contributed by atoms with Gasteiger partial charge in [-0.15, -0.1) is 35.3 Å². The van der Waals surface area contributed by atoms with Crippen LogP contribution in [0.5, 0.6) is 0 Å². The minimum absolute atomic E-state index is 0. The van der Waals surface area contributed by atoms with Gasteiger partial charge in [0.05, 0.1) is 6.10 Å². The number of nitrogens with one attached hydrogen (secondary N) is 2. The number of nitrogens with zero attached hydrogens (tertiary/aromatic N) is 2. The van der Waals surface area contributed by atoms with Gasteiger partial charge in [0.15, 0.2) is 5.96 Å². The number of aliphatic imine (C=N–C) groups is 1. The minimum atomic E-state index is -0.448. The lowest BCUT2D eigenvalue weighted by molar-refractivity contribution is 0.168. The molecule has 1 aromatic carbocycles. The molecule has 0 aliphatic carbocycles. The van der Waals surface area contributed by atoms with Gasteiger partial charge < -0.3 is 15.7 Å². The highest BCUT2D eigenvalue weighted by Gasteiger charge is 2.20. The summed E-state index contributed by atoms with van der Waals surface area (Å²) in [5.41, 5.74) is 0.962. The lowest BCUT2D eigenvalue weighted by atomic mass is 9.98. The first-order chi connectivity index (χ1) is 14.2. The Bertz CT molecular complexity index is 726. The van der Waals surface area contributed by atoms with Gasteiger partial charge in [-0.2, -0.15) is 0 Å². The molecular weight excluding hydrogens is 507 g/mol. The maximum absolute atomic E-state index is 10.3. The highest BCUT2D eigenvalue weighted by molar-refractivity contribution is 14.0. The van der Waals surface area contributed by atoms with Crippen LogP contribution in [0.3, 0.4) is 0 Å². The van der Waals surface area contributed by atoms with Crippen LogP contribution in [0.25, 0.3) is 0 Å². The minimum Gasteiger partial charge on any atom is -0.388 e. The fraction of sp³-hybridized carbons (Fsp3) is 0.522. The molecular formula is C23H35IN4OS. The molecule has 0 saturated carbocycles. The third kappa shape index (κ3) is 8.53. The molecule has 3 N–H and O–H groups in total. The smallest absolute Gasteiger partial charge is 0.191 e. The van der Waals surface area contributed by atoms with Gasteiger partial charge in [-0.1, -0.05) is 36.4 Å². The van der Waals surface area contributed by atoms with Crippen LogP contribution in [0.1, 0.15) is 42.7 Å². The van der Waals surface area contributed by atoms with Crippen molar-refractivity contribution in [3.8, 4) is 0 Å². The molecule has 0 bridgehead atoms. The topological polar surface area (TPSA) is 59.9 Å². The van der Waals surface area contributed by atoms with Crippen LogP contribution < -0.4 is 10.6 Å². The molecule has 30 heavy (non-hydrogen) atoms. The van der Waals surface area contributed by atoms with Gasteiger partial charge in [-0.05, 0) is 55.7 Å². The van der Waals surface area contributed by atoms with E-state index < -0.39 is 6.10 Å². The molecule has 1 fully saturated rings. The van der Waals surface area contributed by atoms with Gasteiger partial charge in [0.25, 0.3) is 0 Å². The van der Waals surface area contributed by atoms with Crippen molar-refractivity contribution < 1.29 is 5.11 Å². The molecule has 0 radical (unpaired) electrons. The van der Waals surface area contributed by atoms with Crippen molar-refractivity contribution in [3.05, 3.63) is 58.3 Å². The number of likely N-dealkylation sites (tertiary alicyclic amines) is 1.